The Morgan fingerprint density at radius 1 is 1.32 bits per heavy atom. The number of nitrogens with zero attached hydrogens (tertiary/aromatic N) is 1. The van der Waals surface area contributed by atoms with Crippen molar-refractivity contribution < 1.29 is 9.59 Å². The van der Waals surface area contributed by atoms with Crippen molar-refractivity contribution in [3.05, 3.63) is 0 Å². The molecule has 2 atom stereocenters. The highest BCUT2D eigenvalue weighted by molar-refractivity contribution is 5.85. The molecule has 5 nitrogen and oxygen atoms in total. The number of carbonyl (C=O) groups is 2. The van der Waals surface area contributed by atoms with Gasteiger partial charge in [0.1, 0.15) is 0 Å². The topological polar surface area (TPSA) is 75.4 Å². The summed E-state index contributed by atoms with van der Waals surface area (Å²) in [6.45, 7) is 1.57. The van der Waals surface area contributed by atoms with Gasteiger partial charge >= 0.3 is 0 Å². The van der Waals surface area contributed by atoms with E-state index < -0.39 is 0 Å². The molecular formula is C13H24ClN3O2. The molecule has 0 spiro atoms. The molecule has 110 valence electrons. The predicted molar refractivity (Wildman–Crippen MR) is 76.0 cm³/mol. The predicted octanol–water partition coefficient (Wildman–Crippen LogP) is 0.664. The lowest BCUT2D eigenvalue weighted by Gasteiger charge is -2.27. The molecule has 2 amide bonds. The third-order valence-electron chi connectivity index (χ3n) is 4.06. The van der Waals surface area contributed by atoms with Gasteiger partial charge in [-0.05, 0) is 38.1 Å². The first-order chi connectivity index (χ1) is 8.70. The minimum absolute atomic E-state index is 0. The Morgan fingerprint density at radius 3 is 2.79 bits per heavy atom. The minimum Gasteiger partial charge on any atom is -0.352 e. The fourth-order valence-corrected chi connectivity index (χ4v) is 2.96. The van der Waals surface area contributed by atoms with Crippen LogP contribution in [0.2, 0.25) is 0 Å². The van der Waals surface area contributed by atoms with Crippen molar-refractivity contribution in [2.45, 2.75) is 44.6 Å². The molecule has 2 aliphatic rings. The molecule has 2 unspecified atom stereocenters. The highest BCUT2D eigenvalue weighted by Gasteiger charge is 2.28. The molecule has 0 aromatic rings. The zero-order valence-electron chi connectivity index (χ0n) is 11.3. The summed E-state index contributed by atoms with van der Waals surface area (Å²) >= 11 is 0. The third kappa shape index (κ3) is 4.35. The second-order valence-electron chi connectivity index (χ2n) is 5.37. The molecule has 1 saturated carbocycles. The number of halogens is 1. The number of hydrogen-bond acceptors (Lipinski definition) is 3. The monoisotopic (exact) mass is 289 g/mol. The number of piperidine rings is 1. The van der Waals surface area contributed by atoms with Crippen molar-refractivity contribution in [1.82, 2.24) is 10.2 Å². The number of likely N-dealkylation sites (tertiary alicyclic amines) is 1. The van der Waals surface area contributed by atoms with E-state index in [9.17, 15) is 9.59 Å². The van der Waals surface area contributed by atoms with E-state index in [-0.39, 0.29) is 36.8 Å². The number of nitrogens with two attached hydrogens (primary N) is 1. The molecule has 1 saturated heterocycles. The second-order valence-corrected chi connectivity index (χ2v) is 5.37. The van der Waals surface area contributed by atoms with Crippen LogP contribution in [-0.2, 0) is 9.59 Å². The van der Waals surface area contributed by atoms with Crippen LogP contribution in [-0.4, -0.2) is 42.4 Å². The lowest BCUT2D eigenvalue weighted by molar-refractivity contribution is -0.138. The first-order valence-corrected chi connectivity index (χ1v) is 6.98. The van der Waals surface area contributed by atoms with Crippen molar-refractivity contribution >= 4 is 24.2 Å². The van der Waals surface area contributed by atoms with Gasteiger partial charge in [0.25, 0.3) is 0 Å². The Kier molecular flexibility index (Phi) is 6.58. The van der Waals surface area contributed by atoms with Gasteiger partial charge in [-0.2, -0.15) is 0 Å². The summed E-state index contributed by atoms with van der Waals surface area (Å²) in [6.07, 6.45) is 5.80. The Hall–Kier alpha value is -0.810. The van der Waals surface area contributed by atoms with Gasteiger partial charge in [0, 0.05) is 19.0 Å². The molecule has 0 aromatic carbocycles. The fraction of sp³-hybridized carbons (Fsp3) is 0.846. The molecule has 2 fully saturated rings. The summed E-state index contributed by atoms with van der Waals surface area (Å²) in [6, 6.07) is 0.211. The number of carbonyl (C=O) groups excluding carboxylic acids is 2. The summed E-state index contributed by atoms with van der Waals surface area (Å²) < 4.78 is 0. The maximum atomic E-state index is 11.9. The van der Waals surface area contributed by atoms with Crippen molar-refractivity contribution in [1.29, 1.82) is 0 Å². The van der Waals surface area contributed by atoms with E-state index in [1.54, 1.807) is 4.90 Å². The molecule has 0 bridgehead atoms. The average Bonchev–Trinajstić information content (AvgIpc) is 2.79. The summed E-state index contributed by atoms with van der Waals surface area (Å²) in [4.78, 5) is 25.2. The quantitative estimate of drug-likeness (QED) is 0.798. The van der Waals surface area contributed by atoms with Gasteiger partial charge in [0.15, 0.2) is 0 Å². The van der Waals surface area contributed by atoms with Crippen molar-refractivity contribution in [3.63, 3.8) is 0 Å². The highest BCUT2D eigenvalue weighted by Crippen LogP contribution is 2.24. The highest BCUT2D eigenvalue weighted by atomic mass is 35.5. The second kappa shape index (κ2) is 7.70. The summed E-state index contributed by atoms with van der Waals surface area (Å²) in [7, 11) is 0. The van der Waals surface area contributed by atoms with Crippen LogP contribution in [0.4, 0.5) is 0 Å². The lowest BCUT2D eigenvalue weighted by Crippen LogP contribution is -2.47. The number of nitrogens with one attached hydrogen (secondary N) is 1. The molecule has 19 heavy (non-hydrogen) atoms. The normalized spacial score (nSPS) is 27.0. The smallest absolute Gasteiger partial charge is 0.239 e. The van der Waals surface area contributed by atoms with Gasteiger partial charge in [-0.25, -0.2) is 0 Å². The largest absolute Gasteiger partial charge is 0.352 e. The van der Waals surface area contributed by atoms with Gasteiger partial charge in [-0.3, -0.25) is 9.59 Å². The molecule has 2 rings (SSSR count). The SMILES string of the molecule is Cl.NCC1CCCC1NC(=O)CN1CCCCC1=O. The Labute approximate surface area is 120 Å². The summed E-state index contributed by atoms with van der Waals surface area (Å²) in [5, 5.41) is 3.03. The molecule has 0 aromatic heterocycles. The van der Waals surface area contributed by atoms with E-state index in [2.05, 4.69) is 5.32 Å². The van der Waals surface area contributed by atoms with E-state index in [0.717, 1.165) is 38.6 Å². The first-order valence-electron chi connectivity index (χ1n) is 6.98. The van der Waals surface area contributed by atoms with Crippen LogP contribution in [0.5, 0.6) is 0 Å². The van der Waals surface area contributed by atoms with Crippen LogP contribution in [0, 0.1) is 5.92 Å². The van der Waals surface area contributed by atoms with Gasteiger partial charge in [-0.15, -0.1) is 12.4 Å². The maximum absolute atomic E-state index is 11.9. The third-order valence-corrected chi connectivity index (χ3v) is 4.06. The molecule has 1 aliphatic carbocycles. The molecule has 6 heteroatoms. The van der Waals surface area contributed by atoms with E-state index in [4.69, 9.17) is 5.73 Å². The standard InChI is InChI=1S/C13H23N3O2.ClH/c14-8-10-4-3-5-11(10)15-12(17)9-16-7-2-1-6-13(16)18;/h10-11H,1-9,14H2,(H,15,17);1H. The van der Waals surface area contributed by atoms with Crippen molar-refractivity contribution in [3.8, 4) is 0 Å². The minimum atomic E-state index is -0.0319. The van der Waals surface area contributed by atoms with Crippen LogP contribution >= 0.6 is 12.4 Å². The zero-order chi connectivity index (χ0) is 13.0. The molecule has 1 aliphatic heterocycles. The van der Waals surface area contributed by atoms with Crippen molar-refractivity contribution in [2.24, 2.45) is 11.7 Å². The van der Waals surface area contributed by atoms with E-state index >= 15 is 0 Å². The van der Waals surface area contributed by atoms with Gasteiger partial charge in [0.2, 0.25) is 11.8 Å². The van der Waals surface area contributed by atoms with Crippen LogP contribution in [0.15, 0.2) is 0 Å². The first kappa shape index (κ1) is 16.2. The Balaban J connectivity index is 0.00000180. The fourth-order valence-electron chi connectivity index (χ4n) is 2.96. The number of hydrogen-bond donors (Lipinski definition) is 2. The van der Waals surface area contributed by atoms with Crippen LogP contribution in [0.25, 0.3) is 0 Å². The Bertz CT molecular complexity index is 325. The average molecular weight is 290 g/mol. The van der Waals surface area contributed by atoms with E-state index in [1.807, 2.05) is 0 Å². The number of amides is 2. The van der Waals surface area contributed by atoms with Crippen LogP contribution in [0.3, 0.4) is 0 Å². The zero-order valence-corrected chi connectivity index (χ0v) is 12.1. The molecule has 0 radical (unpaired) electrons. The Morgan fingerprint density at radius 2 is 2.11 bits per heavy atom. The maximum Gasteiger partial charge on any atom is 0.239 e. The van der Waals surface area contributed by atoms with E-state index in [1.165, 1.54) is 0 Å². The van der Waals surface area contributed by atoms with Crippen LogP contribution < -0.4 is 11.1 Å². The molecular weight excluding hydrogens is 266 g/mol. The van der Waals surface area contributed by atoms with Crippen molar-refractivity contribution in [2.75, 3.05) is 19.6 Å². The summed E-state index contributed by atoms with van der Waals surface area (Å²) in [5.74, 6) is 0.486. The van der Waals surface area contributed by atoms with Gasteiger partial charge < -0.3 is 16.0 Å². The van der Waals surface area contributed by atoms with Gasteiger partial charge in [-0.1, -0.05) is 6.42 Å². The lowest BCUT2D eigenvalue weighted by atomic mass is 10.0. The summed E-state index contributed by atoms with van der Waals surface area (Å²) in [5.41, 5.74) is 5.69. The van der Waals surface area contributed by atoms with Crippen LogP contribution in [0.1, 0.15) is 38.5 Å². The molecule has 3 N–H and O–H groups in total. The number of rotatable bonds is 4. The van der Waals surface area contributed by atoms with E-state index in [0.29, 0.717) is 18.9 Å². The van der Waals surface area contributed by atoms with Gasteiger partial charge in [0.05, 0.1) is 6.54 Å². The molecule has 1 heterocycles.